The van der Waals surface area contributed by atoms with Gasteiger partial charge in [0.05, 0.1) is 0 Å². The van der Waals surface area contributed by atoms with Crippen molar-refractivity contribution in [1.82, 2.24) is 0 Å². The second-order valence-corrected chi connectivity index (χ2v) is 13.4. The fraction of sp³-hybridized carbons (Fsp3) is 0.710. The smallest absolute Gasteiger partial charge is 0.308 e. The molecule has 4 aliphatic rings. The molecule has 1 spiro atoms. The van der Waals surface area contributed by atoms with E-state index in [2.05, 4.69) is 13.8 Å². The fourth-order valence-corrected chi connectivity index (χ4v) is 7.75. The summed E-state index contributed by atoms with van der Waals surface area (Å²) in [6.45, 7) is 14.9. The third-order valence-electron chi connectivity index (χ3n) is 10.0. The molecule has 0 radical (unpaired) electrons. The van der Waals surface area contributed by atoms with Crippen molar-refractivity contribution in [2.75, 3.05) is 0 Å². The summed E-state index contributed by atoms with van der Waals surface area (Å²) in [6.07, 6.45) is 3.59. The number of ether oxygens (including phenoxy) is 5. The van der Waals surface area contributed by atoms with E-state index in [9.17, 15) is 14.4 Å². The number of benzene rings is 1. The van der Waals surface area contributed by atoms with Gasteiger partial charge in [0.2, 0.25) is 0 Å². The lowest BCUT2D eigenvalue weighted by Crippen LogP contribution is -2.48. The Kier molecular flexibility index (Phi) is 6.50. The third-order valence-corrected chi connectivity index (χ3v) is 10.0. The normalized spacial score (nSPS) is 38.2. The van der Waals surface area contributed by atoms with E-state index in [4.69, 9.17) is 23.7 Å². The molecule has 1 aromatic rings. The zero-order chi connectivity index (χ0) is 28.6. The van der Waals surface area contributed by atoms with Gasteiger partial charge in [0.25, 0.3) is 0 Å². The van der Waals surface area contributed by atoms with Gasteiger partial charge < -0.3 is 23.7 Å². The molecule has 8 nitrogen and oxygen atoms in total. The van der Waals surface area contributed by atoms with Crippen LogP contribution in [0.1, 0.15) is 98.1 Å². The Labute approximate surface area is 231 Å². The molecule has 3 aliphatic heterocycles. The number of esters is 2. The van der Waals surface area contributed by atoms with Crippen molar-refractivity contribution >= 4 is 17.7 Å². The molecular formula is C31H42O8. The lowest BCUT2D eigenvalue weighted by molar-refractivity contribution is -0.273. The number of hydrogen-bond acceptors (Lipinski definition) is 8. The van der Waals surface area contributed by atoms with Gasteiger partial charge in [-0.05, 0) is 76.6 Å². The predicted molar refractivity (Wildman–Crippen MR) is 142 cm³/mol. The van der Waals surface area contributed by atoms with Crippen molar-refractivity contribution in [3.05, 3.63) is 23.3 Å². The maximum Gasteiger partial charge on any atom is 0.308 e. The summed E-state index contributed by atoms with van der Waals surface area (Å²) < 4.78 is 30.9. The molecule has 1 aromatic carbocycles. The fourth-order valence-electron chi connectivity index (χ4n) is 7.75. The van der Waals surface area contributed by atoms with Crippen LogP contribution in [0.15, 0.2) is 12.1 Å². The maximum atomic E-state index is 14.1. The van der Waals surface area contributed by atoms with Gasteiger partial charge in [0.1, 0.15) is 34.9 Å². The summed E-state index contributed by atoms with van der Waals surface area (Å²) in [5, 5.41) is 0. The molecule has 0 unspecified atom stereocenters. The number of ketones is 1. The number of fused-ring (bicyclic) bond motifs is 3. The first-order valence-corrected chi connectivity index (χ1v) is 14.1. The molecule has 3 fully saturated rings. The molecule has 3 heterocycles. The standard InChI is InChI=1S/C31H42O8/c1-18-14-22(35-19(2)32)15-21-10-13-28(6,37-25(18)21)16-23(34)26-29(7)11-9-12-30(29,8)31(38-26)17-24(36-20(3)33)27(4,5)39-31/h14-15,24,26H,9-13,16-17H2,1-8H3/t24-,26-,28-,29+,30+,31+/m0/s1. The van der Waals surface area contributed by atoms with Gasteiger partial charge in [-0.2, -0.15) is 0 Å². The third kappa shape index (κ3) is 4.38. The van der Waals surface area contributed by atoms with Crippen LogP contribution in [0.3, 0.4) is 0 Å². The number of carbonyl (C=O) groups is 3. The first kappa shape index (κ1) is 28.1. The van der Waals surface area contributed by atoms with Crippen molar-refractivity contribution < 1.29 is 38.1 Å². The second-order valence-electron chi connectivity index (χ2n) is 13.4. The summed E-state index contributed by atoms with van der Waals surface area (Å²) in [6, 6.07) is 3.64. The zero-order valence-electron chi connectivity index (χ0n) is 24.5. The van der Waals surface area contributed by atoms with E-state index in [0.717, 1.165) is 36.1 Å². The van der Waals surface area contributed by atoms with Gasteiger partial charge in [-0.25, -0.2) is 0 Å². The first-order valence-electron chi connectivity index (χ1n) is 14.1. The number of rotatable bonds is 5. The van der Waals surface area contributed by atoms with Crippen LogP contribution in [0.4, 0.5) is 0 Å². The minimum atomic E-state index is -1.01. The Hall–Kier alpha value is -2.45. The van der Waals surface area contributed by atoms with E-state index in [0.29, 0.717) is 25.0 Å². The lowest BCUT2D eigenvalue weighted by Gasteiger charge is -2.43. The van der Waals surface area contributed by atoms with E-state index in [-0.39, 0.29) is 24.1 Å². The minimum absolute atomic E-state index is 0.0139. The van der Waals surface area contributed by atoms with Crippen LogP contribution < -0.4 is 9.47 Å². The number of hydrogen-bond donors (Lipinski definition) is 0. The molecule has 2 saturated heterocycles. The summed E-state index contributed by atoms with van der Waals surface area (Å²) in [7, 11) is 0. The molecule has 0 bridgehead atoms. The van der Waals surface area contributed by atoms with E-state index >= 15 is 0 Å². The van der Waals surface area contributed by atoms with Gasteiger partial charge in [-0.15, -0.1) is 0 Å². The quantitative estimate of drug-likeness (QED) is 0.361. The highest BCUT2D eigenvalue weighted by atomic mass is 16.7. The molecule has 1 aliphatic carbocycles. The highest BCUT2D eigenvalue weighted by Crippen LogP contribution is 2.71. The Morgan fingerprint density at radius 1 is 1.00 bits per heavy atom. The first-order chi connectivity index (χ1) is 18.0. The van der Waals surface area contributed by atoms with Crippen LogP contribution in [0.2, 0.25) is 0 Å². The molecule has 1 saturated carbocycles. The Bertz CT molecular complexity index is 1220. The monoisotopic (exact) mass is 542 g/mol. The number of Topliss-reactive ketones (excluding diaryl/α,β-unsaturated/α-hetero) is 1. The molecule has 0 aromatic heterocycles. The average Bonchev–Trinajstić information content (AvgIpc) is 3.31. The van der Waals surface area contributed by atoms with E-state index in [1.54, 1.807) is 6.07 Å². The van der Waals surface area contributed by atoms with Crippen molar-refractivity contribution in [2.24, 2.45) is 10.8 Å². The predicted octanol–water partition coefficient (Wildman–Crippen LogP) is 5.39. The van der Waals surface area contributed by atoms with Crippen LogP contribution >= 0.6 is 0 Å². The van der Waals surface area contributed by atoms with E-state index < -0.39 is 40.0 Å². The molecule has 6 atom stereocenters. The molecule has 8 heteroatoms. The summed E-state index contributed by atoms with van der Waals surface area (Å²) >= 11 is 0. The van der Waals surface area contributed by atoms with Gasteiger partial charge in [0, 0.05) is 37.5 Å². The van der Waals surface area contributed by atoms with Crippen molar-refractivity contribution in [3.8, 4) is 11.5 Å². The van der Waals surface area contributed by atoms with Gasteiger partial charge in [0.15, 0.2) is 11.6 Å². The van der Waals surface area contributed by atoms with Crippen molar-refractivity contribution in [2.45, 2.75) is 130 Å². The Morgan fingerprint density at radius 2 is 1.72 bits per heavy atom. The number of aryl methyl sites for hydroxylation is 2. The van der Waals surface area contributed by atoms with Crippen LogP contribution in [0, 0.1) is 17.8 Å². The number of carbonyl (C=O) groups excluding carboxylic acids is 3. The van der Waals surface area contributed by atoms with Crippen LogP contribution in [0.25, 0.3) is 0 Å². The molecule has 214 valence electrons. The topological polar surface area (TPSA) is 97.4 Å². The second kappa shape index (κ2) is 9.03. The molecular weight excluding hydrogens is 500 g/mol. The highest BCUT2D eigenvalue weighted by Gasteiger charge is 2.76. The average molecular weight is 543 g/mol. The highest BCUT2D eigenvalue weighted by molar-refractivity contribution is 5.86. The summed E-state index contributed by atoms with van der Waals surface area (Å²) in [4.78, 5) is 37.4. The SMILES string of the molecule is CC(=O)Oc1cc(C)c2c(c1)CC[C@@](C)(CC(=O)[C@@H]1O[C@@]3(C[C@H](OC(C)=O)C(C)(C)O3)[C@]3(C)CCC[C@]13C)O2. The minimum Gasteiger partial charge on any atom is -0.487 e. The Morgan fingerprint density at radius 3 is 2.38 bits per heavy atom. The summed E-state index contributed by atoms with van der Waals surface area (Å²) in [5.74, 6) is -0.453. The lowest BCUT2D eigenvalue weighted by atomic mass is 9.61. The van der Waals surface area contributed by atoms with Crippen molar-refractivity contribution in [3.63, 3.8) is 0 Å². The molecule has 5 rings (SSSR count). The molecule has 0 amide bonds. The van der Waals surface area contributed by atoms with E-state index in [1.807, 2.05) is 33.8 Å². The van der Waals surface area contributed by atoms with Crippen molar-refractivity contribution in [1.29, 1.82) is 0 Å². The van der Waals surface area contributed by atoms with Gasteiger partial charge >= 0.3 is 11.9 Å². The van der Waals surface area contributed by atoms with E-state index in [1.165, 1.54) is 13.8 Å². The Balaban J connectivity index is 1.39. The van der Waals surface area contributed by atoms with Gasteiger partial charge in [-0.3, -0.25) is 14.4 Å². The zero-order valence-corrected chi connectivity index (χ0v) is 24.5. The maximum absolute atomic E-state index is 14.1. The van der Waals surface area contributed by atoms with Crippen LogP contribution in [-0.4, -0.2) is 46.9 Å². The molecule has 39 heavy (non-hydrogen) atoms. The van der Waals surface area contributed by atoms with Crippen LogP contribution in [0.5, 0.6) is 11.5 Å². The summed E-state index contributed by atoms with van der Waals surface area (Å²) in [5.41, 5.74) is -0.411. The largest absolute Gasteiger partial charge is 0.487 e. The van der Waals surface area contributed by atoms with Crippen LogP contribution in [-0.2, 0) is 35.0 Å². The van der Waals surface area contributed by atoms with Gasteiger partial charge in [-0.1, -0.05) is 20.3 Å². The molecule has 0 N–H and O–H groups in total.